The summed E-state index contributed by atoms with van der Waals surface area (Å²) in [7, 11) is -4.74. The summed E-state index contributed by atoms with van der Waals surface area (Å²) in [5, 5.41) is 20.6. The number of phenols is 2. The van der Waals surface area contributed by atoms with Gasteiger partial charge in [-0.2, -0.15) is 0 Å². The largest absolute Gasteiger partial charge is 0.744 e. The van der Waals surface area contributed by atoms with Gasteiger partial charge in [0.15, 0.2) is 35.4 Å². The summed E-state index contributed by atoms with van der Waals surface area (Å²) in [5.74, 6) is -0.312. The molecule has 1 atom stereocenters. The van der Waals surface area contributed by atoms with E-state index in [0.29, 0.717) is 18.7 Å². The minimum atomic E-state index is -4.74. The molecule has 0 aromatic heterocycles. The summed E-state index contributed by atoms with van der Waals surface area (Å²) in [6, 6.07) is 3.97. The van der Waals surface area contributed by atoms with Crippen molar-refractivity contribution in [2.24, 2.45) is 0 Å². The molecule has 10 heteroatoms. The van der Waals surface area contributed by atoms with Crippen LogP contribution in [0.5, 0.6) is 23.0 Å². The summed E-state index contributed by atoms with van der Waals surface area (Å²) in [6.45, 7) is 2.85. The maximum absolute atomic E-state index is 11.3. The molecule has 0 radical (unpaired) electrons. The van der Waals surface area contributed by atoms with E-state index in [0.717, 1.165) is 17.7 Å². The lowest BCUT2D eigenvalue weighted by Crippen LogP contribution is -2.59. The first kappa shape index (κ1) is 19.2. The number of hydrogen-bond acceptors (Lipinski definition) is 7. The topological polar surface area (TPSA) is 122 Å². The van der Waals surface area contributed by atoms with Crippen LogP contribution in [0, 0.1) is 6.92 Å². The first-order chi connectivity index (χ1) is 13.2. The third-order valence-electron chi connectivity index (χ3n) is 4.97. The lowest BCUT2D eigenvalue weighted by Gasteiger charge is -2.27. The third kappa shape index (κ3) is 2.67. The van der Waals surface area contributed by atoms with Gasteiger partial charge in [0.25, 0.3) is 0 Å². The van der Waals surface area contributed by atoms with E-state index in [1.807, 2.05) is 13.0 Å². The molecule has 0 bridgehead atoms. The zero-order valence-electron chi connectivity index (χ0n) is 14.6. The van der Waals surface area contributed by atoms with Gasteiger partial charge in [-0.3, -0.25) is 0 Å². The predicted molar refractivity (Wildman–Crippen MR) is 100 cm³/mol. The minimum absolute atomic E-state index is 0. The van der Waals surface area contributed by atoms with Crippen molar-refractivity contribution in [1.82, 2.24) is 0 Å². The fraction of sp³-hybridized carbons (Fsp3) is 0.263. The summed E-state index contributed by atoms with van der Waals surface area (Å²) in [6.07, 6.45) is 3.37. The molecule has 2 aromatic carbocycles. The van der Waals surface area contributed by atoms with E-state index >= 15 is 0 Å². The van der Waals surface area contributed by atoms with Gasteiger partial charge in [0.2, 0.25) is 13.1 Å². The van der Waals surface area contributed by atoms with Gasteiger partial charge in [-0.25, -0.2) is 8.42 Å². The van der Waals surface area contributed by atoms with Crippen LogP contribution >= 0.6 is 0 Å². The average molecular weight is 419 g/mol. The van der Waals surface area contributed by atoms with Crippen molar-refractivity contribution in [2.45, 2.75) is 25.3 Å². The lowest BCUT2D eigenvalue weighted by molar-refractivity contribution is -0.855. The molecule has 9 nitrogen and oxygen atoms in total. The molecule has 0 aliphatic carbocycles. The van der Waals surface area contributed by atoms with Crippen LogP contribution < -0.4 is 9.47 Å². The highest BCUT2D eigenvalue weighted by atomic mass is 32.2. The summed E-state index contributed by atoms with van der Waals surface area (Å²) in [5.41, 5.74) is 1.80. The van der Waals surface area contributed by atoms with Crippen LogP contribution in [0.4, 0.5) is 0 Å². The Balaban J connectivity index is 0.00000205. The van der Waals surface area contributed by atoms with Crippen LogP contribution in [0.1, 0.15) is 24.1 Å². The highest BCUT2D eigenvalue weighted by molar-refractivity contribution is 7.85. The molecule has 3 aliphatic rings. The highest BCUT2D eigenvalue weighted by Gasteiger charge is 2.69. The van der Waals surface area contributed by atoms with Crippen LogP contribution in [0.2, 0.25) is 0 Å². The molecular formula is C19H19N2O7S+. The zero-order valence-corrected chi connectivity index (χ0v) is 15.4. The number of fused-ring (bicyclic) bond motifs is 2. The molecule has 2 aromatic rings. The van der Waals surface area contributed by atoms with Crippen molar-refractivity contribution in [3.05, 3.63) is 41.0 Å². The molecule has 2 N–H and O–H groups in total. The molecule has 3 aliphatic heterocycles. The van der Waals surface area contributed by atoms with E-state index in [1.165, 1.54) is 0 Å². The Labute approximate surface area is 167 Å². The van der Waals surface area contributed by atoms with Crippen LogP contribution in [0.25, 0.3) is 0 Å². The maximum atomic E-state index is 11.3. The minimum Gasteiger partial charge on any atom is -0.744 e. The number of hydrogen-bond donors (Lipinski definition) is 2. The van der Waals surface area contributed by atoms with Gasteiger partial charge in [-0.05, 0) is 30.7 Å². The van der Waals surface area contributed by atoms with Crippen LogP contribution in [0.15, 0.2) is 29.2 Å². The fourth-order valence-corrected chi connectivity index (χ4v) is 4.29. The Morgan fingerprint density at radius 2 is 1.48 bits per heavy atom. The predicted octanol–water partition coefficient (Wildman–Crippen LogP) is 0.919. The second-order valence-electron chi connectivity index (χ2n) is 6.91. The smallest absolute Gasteiger partial charge is 0.704 e. The van der Waals surface area contributed by atoms with Gasteiger partial charge in [0, 0.05) is 6.07 Å². The lowest BCUT2D eigenvalue weighted by atomic mass is 10.1. The number of rotatable bonds is 1. The van der Waals surface area contributed by atoms with E-state index in [2.05, 4.69) is 0 Å². The van der Waals surface area contributed by atoms with Crippen LogP contribution in [0.3, 0.4) is 0 Å². The molecule has 1 fully saturated rings. The van der Waals surface area contributed by atoms with E-state index in [4.69, 9.17) is 9.47 Å². The Kier molecular flexibility index (Phi) is 3.94. The average Bonchev–Trinajstić information content (AvgIpc) is 2.95. The van der Waals surface area contributed by atoms with Gasteiger partial charge in [0.1, 0.15) is 10.1 Å². The summed E-state index contributed by atoms with van der Waals surface area (Å²) in [4.78, 5) is -0.551. The number of phenolic OH excluding ortho intramolecular Hbond substituents is 2. The molecule has 152 valence electrons. The van der Waals surface area contributed by atoms with Gasteiger partial charge in [-0.1, -0.05) is 16.6 Å². The van der Waals surface area contributed by atoms with Crippen molar-refractivity contribution in [2.75, 3.05) is 13.1 Å². The Morgan fingerprint density at radius 3 is 2.03 bits per heavy atom. The van der Waals surface area contributed by atoms with E-state index in [9.17, 15) is 23.2 Å². The second-order valence-corrected chi connectivity index (χ2v) is 8.29. The monoisotopic (exact) mass is 419 g/mol. The molecule has 0 amide bonds. The number of nitrogens with zero attached hydrogens (tertiary/aromatic N) is 2. The normalized spacial score (nSPS) is 21.2. The molecule has 29 heavy (non-hydrogen) atoms. The first-order valence-electron chi connectivity index (χ1n) is 8.45. The van der Waals surface area contributed by atoms with Gasteiger partial charge in [0.05, 0.1) is 16.0 Å². The Morgan fingerprint density at radius 1 is 0.966 bits per heavy atom. The van der Waals surface area contributed by atoms with Gasteiger partial charge < -0.3 is 24.2 Å². The summed E-state index contributed by atoms with van der Waals surface area (Å²) >= 11 is 0. The van der Waals surface area contributed by atoms with Crippen molar-refractivity contribution >= 4 is 22.5 Å². The van der Waals surface area contributed by atoms with Gasteiger partial charge >= 0.3 is 6.03 Å². The standard InChI is InChI=1S/C18H14N2O7S.CH4/c1-10-4-11-8-19-2-3-20-9-12-6-13(28(23,24)25)7-15(22)17(12)27-18(19,20)26-16(11)14(21)5-10;/h4-9H,2-3H2,1H3,(H-2,21,22,23,24,25);1H4/p+1. The van der Waals surface area contributed by atoms with E-state index in [-0.39, 0.29) is 30.2 Å². The van der Waals surface area contributed by atoms with Crippen LogP contribution in [-0.2, 0) is 10.1 Å². The summed E-state index contributed by atoms with van der Waals surface area (Å²) < 4.78 is 49.5. The number of aromatic hydroxyl groups is 2. The van der Waals surface area contributed by atoms with Gasteiger partial charge in [-0.15, -0.1) is 0 Å². The second kappa shape index (κ2) is 5.94. The fourth-order valence-electron chi connectivity index (χ4n) is 3.76. The maximum Gasteiger partial charge on any atom is 0.704 e. The third-order valence-corrected chi connectivity index (χ3v) is 5.78. The van der Waals surface area contributed by atoms with E-state index in [1.54, 1.807) is 27.6 Å². The SMILES string of the molecule is C.Cc1cc(O)c2c(c1)C=[N+]1CC[N+]3=Cc4cc(S(=O)(=O)[O-])cc(O)c4OC13O2. The molecule has 3 heterocycles. The molecule has 1 spiro atoms. The number of aryl methyl sites for hydroxylation is 1. The molecule has 0 saturated carbocycles. The highest BCUT2D eigenvalue weighted by Crippen LogP contribution is 2.44. The molecular weight excluding hydrogens is 400 g/mol. The number of benzene rings is 2. The quantitative estimate of drug-likeness (QED) is 0.521. The van der Waals surface area contributed by atoms with Crippen molar-refractivity contribution in [3.63, 3.8) is 0 Å². The van der Waals surface area contributed by atoms with Crippen LogP contribution in [-0.4, -0.2) is 63.9 Å². The van der Waals surface area contributed by atoms with Crippen molar-refractivity contribution in [3.8, 4) is 23.0 Å². The van der Waals surface area contributed by atoms with E-state index < -0.39 is 26.8 Å². The first-order valence-corrected chi connectivity index (χ1v) is 9.86. The molecule has 5 rings (SSSR count). The Hall–Kier alpha value is -3.11. The molecule has 1 unspecified atom stereocenters. The zero-order chi connectivity index (χ0) is 19.8. The Bertz CT molecular complexity index is 1230. The number of ether oxygens (including phenoxy) is 2. The molecule has 1 saturated heterocycles. The van der Waals surface area contributed by atoms with Crippen molar-refractivity contribution < 1.29 is 41.8 Å². The van der Waals surface area contributed by atoms with Crippen molar-refractivity contribution in [1.29, 1.82) is 0 Å².